The van der Waals surface area contributed by atoms with E-state index in [-0.39, 0.29) is 27.6 Å². The Bertz CT molecular complexity index is 682. The smallest absolute Gasteiger partial charge is 0.258 e. The Kier molecular flexibility index (Phi) is 5.05. The highest BCUT2D eigenvalue weighted by Gasteiger charge is 2.24. The average molecular weight is 318 g/mol. The average Bonchev–Trinajstić information content (AvgIpc) is 2.38. The van der Waals surface area contributed by atoms with Crippen LogP contribution in [-0.4, -0.2) is 19.4 Å². The summed E-state index contributed by atoms with van der Waals surface area (Å²) in [5.74, 6) is 0. The highest BCUT2D eigenvalue weighted by Crippen LogP contribution is 2.29. The number of nitro groups is 1. The fourth-order valence-corrected chi connectivity index (χ4v) is 2.99. The summed E-state index contributed by atoms with van der Waals surface area (Å²) < 4.78 is 26.3. The van der Waals surface area contributed by atoms with Gasteiger partial charge in [-0.3, -0.25) is 10.1 Å². The van der Waals surface area contributed by atoms with Crippen LogP contribution >= 0.6 is 11.6 Å². The van der Waals surface area contributed by atoms with Crippen LogP contribution in [0.1, 0.15) is 18.9 Å². The van der Waals surface area contributed by atoms with Crippen molar-refractivity contribution in [1.29, 1.82) is 5.26 Å². The number of nitriles is 1. The fraction of sp³-hybridized carbons (Fsp3) is 0.364. The normalized spacial score (nSPS) is 12.7. The van der Waals surface area contributed by atoms with Crippen LogP contribution in [0.25, 0.3) is 0 Å². The van der Waals surface area contributed by atoms with Gasteiger partial charge in [-0.25, -0.2) is 8.42 Å². The summed E-state index contributed by atoms with van der Waals surface area (Å²) in [7, 11) is -4.04. The van der Waals surface area contributed by atoms with Gasteiger partial charge in [0.25, 0.3) is 5.69 Å². The summed E-state index contributed by atoms with van der Waals surface area (Å²) in [6, 6.07) is 2.93. The molecule has 0 fully saturated rings. The third kappa shape index (κ3) is 3.45. The van der Waals surface area contributed by atoms with Crippen molar-refractivity contribution in [2.24, 2.45) is 0 Å². The van der Waals surface area contributed by atoms with Crippen molar-refractivity contribution in [3.8, 4) is 6.07 Å². The molecule has 1 aromatic rings. The van der Waals surface area contributed by atoms with Gasteiger partial charge in [0.1, 0.15) is 6.04 Å². The number of nitrogens with one attached hydrogen (secondary N) is 1. The summed E-state index contributed by atoms with van der Waals surface area (Å²) in [5.41, 5.74) is -0.203. The second kappa shape index (κ2) is 6.17. The number of sulfonamides is 1. The minimum Gasteiger partial charge on any atom is -0.258 e. The molecule has 108 valence electrons. The van der Waals surface area contributed by atoms with Gasteiger partial charge in [0.2, 0.25) is 10.0 Å². The van der Waals surface area contributed by atoms with Crippen molar-refractivity contribution in [1.82, 2.24) is 4.72 Å². The Labute approximate surface area is 121 Å². The van der Waals surface area contributed by atoms with E-state index >= 15 is 0 Å². The Morgan fingerprint density at radius 1 is 1.55 bits per heavy atom. The highest BCUT2D eigenvalue weighted by molar-refractivity contribution is 7.89. The molecule has 0 radical (unpaired) electrons. The lowest BCUT2D eigenvalue weighted by atomic mass is 10.2. The molecular formula is C11H12ClN3O4S. The topological polar surface area (TPSA) is 113 Å². The molecule has 1 rings (SSSR count). The standard InChI is InChI=1S/C11H12ClN3O4S/c1-3-8(6-13)14-20(18,19)9-4-10(12)7(2)11(5-9)15(16)17/h4-5,8,14H,3H2,1-2H3. The van der Waals surface area contributed by atoms with Gasteiger partial charge in [0.05, 0.1) is 20.9 Å². The SMILES string of the molecule is CCC(C#N)NS(=O)(=O)c1cc(Cl)c(C)c([N+](=O)[O-])c1. The van der Waals surface area contributed by atoms with E-state index in [1.54, 1.807) is 13.0 Å². The quantitative estimate of drug-likeness (QED) is 0.660. The molecular weight excluding hydrogens is 306 g/mol. The van der Waals surface area contributed by atoms with Crippen LogP contribution < -0.4 is 4.72 Å². The van der Waals surface area contributed by atoms with E-state index in [1.807, 2.05) is 0 Å². The van der Waals surface area contributed by atoms with E-state index in [2.05, 4.69) is 4.72 Å². The van der Waals surface area contributed by atoms with E-state index in [0.29, 0.717) is 0 Å². The second-order valence-corrected chi connectivity index (χ2v) is 6.14. The van der Waals surface area contributed by atoms with Gasteiger partial charge in [-0.05, 0) is 19.4 Å². The maximum Gasteiger partial charge on any atom is 0.275 e. The molecule has 0 heterocycles. The third-order valence-corrected chi connectivity index (χ3v) is 4.50. The van der Waals surface area contributed by atoms with Crippen LogP contribution in [0.5, 0.6) is 0 Å². The molecule has 1 N–H and O–H groups in total. The summed E-state index contributed by atoms with van der Waals surface area (Å²) in [6.07, 6.45) is 0.275. The Morgan fingerprint density at radius 2 is 2.15 bits per heavy atom. The van der Waals surface area contributed by atoms with Gasteiger partial charge in [0, 0.05) is 11.6 Å². The van der Waals surface area contributed by atoms with Crippen molar-refractivity contribution >= 4 is 27.3 Å². The molecule has 20 heavy (non-hydrogen) atoms. The zero-order chi connectivity index (χ0) is 15.5. The van der Waals surface area contributed by atoms with E-state index in [4.69, 9.17) is 16.9 Å². The van der Waals surface area contributed by atoms with Crippen LogP contribution in [-0.2, 0) is 10.0 Å². The number of halogens is 1. The summed E-state index contributed by atoms with van der Waals surface area (Å²) in [4.78, 5) is 9.82. The molecule has 0 aromatic heterocycles. The molecule has 0 saturated carbocycles. The third-order valence-electron chi connectivity index (χ3n) is 2.66. The first-order chi connectivity index (χ1) is 9.22. The lowest BCUT2D eigenvalue weighted by Gasteiger charge is -2.11. The lowest BCUT2D eigenvalue weighted by Crippen LogP contribution is -2.33. The highest BCUT2D eigenvalue weighted by atomic mass is 35.5. The fourth-order valence-electron chi connectivity index (χ4n) is 1.44. The molecule has 0 aliphatic carbocycles. The molecule has 0 amide bonds. The number of rotatable bonds is 5. The zero-order valence-corrected chi connectivity index (χ0v) is 12.3. The van der Waals surface area contributed by atoms with Gasteiger partial charge < -0.3 is 0 Å². The van der Waals surface area contributed by atoms with Crippen molar-refractivity contribution in [2.75, 3.05) is 0 Å². The summed E-state index contributed by atoms with van der Waals surface area (Å²) >= 11 is 5.81. The van der Waals surface area contributed by atoms with Gasteiger partial charge >= 0.3 is 0 Å². The Balaban J connectivity index is 3.34. The molecule has 0 aliphatic heterocycles. The Morgan fingerprint density at radius 3 is 2.60 bits per heavy atom. The molecule has 0 bridgehead atoms. The van der Waals surface area contributed by atoms with Gasteiger partial charge in [-0.15, -0.1) is 0 Å². The largest absolute Gasteiger partial charge is 0.275 e. The number of nitro benzene ring substituents is 1. The van der Waals surface area contributed by atoms with Crippen molar-refractivity contribution in [3.05, 3.63) is 32.8 Å². The second-order valence-electron chi connectivity index (χ2n) is 4.02. The van der Waals surface area contributed by atoms with E-state index < -0.39 is 21.0 Å². The van der Waals surface area contributed by atoms with Crippen LogP contribution in [0.2, 0.25) is 5.02 Å². The zero-order valence-electron chi connectivity index (χ0n) is 10.8. The number of hydrogen-bond donors (Lipinski definition) is 1. The maximum absolute atomic E-state index is 12.1. The van der Waals surface area contributed by atoms with Crippen LogP contribution in [0.15, 0.2) is 17.0 Å². The number of benzene rings is 1. The number of hydrogen-bond acceptors (Lipinski definition) is 5. The minimum atomic E-state index is -4.04. The van der Waals surface area contributed by atoms with Crippen molar-refractivity contribution in [2.45, 2.75) is 31.2 Å². The Hall–Kier alpha value is -1.69. The van der Waals surface area contributed by atoms with Gasteiger partial charge in [0.15, 0.2) is 0 Å². The predicted octanol–water partition coefficient (Wildman–Crippen LogP) is 2.14. The lowest BCUT2D eigenvalue weighted by molar-refractivity contribution is -0.385. The maximum atomic E-state index is 12.1. The molecule has 0 saturated heterocycles. The molecule has 1 aromatic carbocycles. The molecule has 1 unspecified atom stereocenters. The molecule has 9 heteroatoms. The van der Waals surface area contributed by atoms with E-state index in [1.165, 1.54) is 6.92 Å². The van der Waals surface area contributed by atoms with Crippen molar-refractivity contribution in [3.63, 3.8) is 0 Å². The first-order valence-corrected chi connectivity index (χ1v) is 7.45. The molecule has 7 nitrogen and oxygen atoms in total. The first kappa shape index (κ1) is 16.4. The van der Waals surface area contributed by atoms with Crippen LogP contribution in [0, 0.1) is 28.4 Å². The molecule has 0 aliphatic rings. The monoisotopic (exact) mass is 317 g/mol. The van der Waals surface area contributed by atoms with Gasteiger partial charge in [-0.2, -0.15) is 9.98 Å². The summed E-state index contributed by atoms with van der Waals surface area (Å²) in [6.45, 7) is 3.06. The number of nitrogens with zero attached hydrogens (tertiary/aromatic N) is 2. The predicted molar refractivity (Wildman–Crippen MR) is 72.9 cm³/mol. The van der Waals surface area contributed by atoms with Crippen LogP contribution in [0.4, 0.5) is 5.69 Å². The van der Waals surface area contributed by atoms with E-state index in [9.17, 15) is 18.5 Å². The minimum absolute atomic E-state index is 0.0235. The summed E-state index contributed by atoms with van der Waals surface area (Å²) in [5, 5.41) is 19.6. The molecule has 1 atom stereocenters. The van der Waals surface area contributed by atoms with E-state index in [0.717, 1.165) is 12.1 Å². The van der Waals surface area contributed by atoms with Gasteiger partial charge in [-0.1, -0.05) is 18.5 Å². The first-order valence-electron chi connectivity index (χ1n) is 5.59. The van der Waals surface area contributed by atoms with Crippen molar-refractivity contribution < 1.29 is 13.3 Å². The van der Waals surface area contributed by atoms with Crippen LogP contribution in [0.3, 0.4) is 0 Å². The molecule has 0 spiro atoms.